The van der Waals surface area contributed by atoms with Crippen molar-refractivity contribution in [1.29, 1.82) is 0 Å². The minimum absolute atomic E-state index is 0.111. The van der Waals surface area contributed by atoms with Crippen LogP contribution < -0.4 is 0 Å². The first-order chi connectivity index (χ1) is 16.6. The highest BCUT2D eigenvalue weighted by Crippen LogP contribution is 2.39. The number of Topliss-reactive ketones (excluding diaryl/α,β-unsaturated/α-hetero) is 2. The molecule has 5 nitrogen and oxygen atoms in total. The molecule has 0 saturated carbocycles. The summed E-state index contributed by atoms with van der Waals surface area (Å²) in [6.45, 7) is 9.44. The summed E-state index contributed by atoms with van der Waals surface area (Å²) < 4.78 is 5.18. The molecule has 3 rings (SSSR count). The van der Waals surface area contributed by atoms with Crippen LogP contribution in [0.15, 0.2) is 88.3 Å². The lowest BCUT2D eigenvalue weighted by Gasteiger charge is -2.35. The molecule has 6 heteroatoms. The molecule has 184 valence electrons. The van der Waals surface area contributed by atoms with E-state index in [4.69, 9.17) is 16.3 Å². The molecule has 0 fully saturated rings. The van der Waals surface area contributed by atoms with E-state index in [1.54, 1.807) is 12.3 Å². The number of hydrogen-bond acceptors (Lipinski definition) is 5. The Morgan fingerprint density at radius 3 is 2.49 bits per heavy atom. The molecule has 1 aromatic rings. The lowest BCUT2D eigenvalue weighted by atomic mass is 9.79. The number of rotatable bonds is 8. The van der Waals surface area contributed by atoms with Crippen LogP contribution in [0, 0.1) is 5.92 Å². The van der Waals surface area contributed by atoms with E-state index in [1.807, 2.05) is 42.2 Å². The smallest absolute Gasteiger partial charge is 0.304 e. The molecule has 1 aliphatic carbocycles. The number of benzene rings is 1. The second-order valence-electron chi connectivity index (χ2n) is 9.18. The van der Waals surface area contributed by atoms with Crippen molar-refractivity contribution in [1.82, 2.24) is 4.90 Å². The number of esters is 1. The summed E-state index contributed by atoms with van der Waals surface area (Å²) in [4.78, 5) is 40.0. The van der Waals surface area contributed by atoms with Gasteiger partial charge in [0.05, 0.1) is 5.03 Å². The maximum absolute atomic E-state index is 13.4. The number of nitrogens with zero attached hydrogens (tertiary/aromatic N) is 1. The number of ether oxygens (including phenoxy) is 1. The lowest BCUT2D eigenvalue weighted by molar-refractivity contribution is -0.167. The van der Waals surface area contributed by atoms with Crippen molar-refractivity contribution in [2.75, 3.05) is 6.54 Å². The SMILES string of the molecule is CCC(C)/C=C(C)/C=C\C1=CC2=C(Cl)C(=O)C(C)(OC(C)=O)C(=O)C2=CN1CCc1ccccc1. The van der Waals surface area contributed by atoms with Gasteiger partial charge in [-0.1, -0.05) is 79.9 Å². The highest BCUT2D eigenvalue weighted by molar-refractivity contribution is 6.49. The summed E-state index contributed by atoms with van der Waals surface area (Å²) >= 11 is 6.46. The van der Waals surface area contributed by atoms with Crippen LogP contribution in [0.25, 0.3) is 0 Å². The van der Waals surface area contributed by atoms with Crippen molar-refractivity contribution in [3.63, 3.8) is 0 Å². The Balaban J connectivity index is 2.03. The number of fused-ring (bicyclic) bond motifs is 1. The number of allylic oxidation sites excluding steroid dienone is 6. The maximum atomic E-state index is 13.4. The molecule has 0 bridgehead atoms. The van der Waals surface area contributed by atoms with Gasteiger partial charge in [-0.15, -0.1) is 0 Å². The van der Waals surface area contributed by atoms with Gasteiger partial charge in [0.25, 0.3) is 0 Å². The van der Waals surface area contributed by atoms with Gasteiger partial charge in [-0.2, -0.15) is 0 Å². The molecule has 0 aromatic heterocycles. The summed E-state index contributed by atoms with van der Waals surface area (Å²) in [5.74, 6) is -1.54. The second-order valence-corrected chi connectivity index (χ2v) is 9.56. The van der Waals surface area contributed by atoms with Crippen LogP contribution in [0.2, 0.25) is 0 Å². The van der Waals surface area contributed by atoms with Crippen molar-refractivity contribution in [2.45, 2.75) is 53.1 Å². The summed E-state index contributed by atoms with van der Waals surface area (Å²) in [6, 6.07) is 10.1. The van der Waals surface area contributed by atoms with E-state index >= 15 is 0 Å². The molecule has 0 amide bonds. The average Bonchev–Trinajstić information content (AvgIpc) is 2.83. The van der Waals surface area contributed by atoms with E-state index in [1.165, 1.54) is 13.8 Å². The fraction of sp³-hybridized carbons (Fsp3) is 0.345. The zero-order chi connectivity index (χ0) is 25.8. The van der Waals surface area contributed by atoms with Gasteiger partial charge in [0.1, 0.15) is 0 Å². The molecular weight excluding hydrogens is 462 g/mol. The monoisotopic (exact) mass is 493 g/mol. The summed E-state index contributed by atoms with van der Waals surface area (Å²) in [5, 5.41) is -0.111. The van der Waals surface area contributed by atoms with Gasteiger partial charge in [-0.05, 0) is 43.9 Å². The van der Waals surface area contributed by atoms with E-state index in [0.717, 1.165) is 29.7 Å². The number of halogens is 1. The predicted octanol–water partition coefficient (Wildman–Crippen LogP) is 5.83. The topological polar surface area (TPSA) is 63.7 Å². The zero-order valence-corrected chi connectivity index (χ0v) is 21.7. The molecule has 1 heterocycles. The Labute approximate surface area is 212 Å². The molecule has 0 spiro atoms. The van der Waals surface area contributed by atoms with Crippen molar-refractivity contribution >= 4 is 29.1 Å². The van der Waals surface area contributed by atoms with Crippen LogP contribution in [0.5, 0.6) is 0 Å². The van der Waals surface area contributed by atoms with Crippen molar-refractivity contribution in [3.05, 3.63) is 93.8 Å². The summed E-state index contributed by atoms with van der Waals surface area (Å²) in [7, 11) is 0. The third-order valence-electron chi connectivity index (χ3n) is 6.29. The van der Waals surface area contributed by atoms with E-state index in [0.29, 0.717) is 18.0 Å². The maximum Gasteiger partial charge on any atom is 0.304 e. The molecule has 1 aliphatic heterocycles. The van der Waals surface area contributed by atoms with Crippen LogP contribution in [-0.4, -0.2) is 34.6 Å². The number of ketones is 2. The van der Waals surface area contributed by atoms with E-state index in [9.17, 15) is 14.4 Å². The molecule has 2 aliphatic rings. The van der Waals surface area contributed by atoms with Crippen LogP contribution in [0.1, 0.15) is 46.6 Å². The van der Waals surface area contributed by atoms with Gasteiger partial charge in [0.2, 0.25) is 17.2 Å². The van der Waals surface area contributed by atoms with Crippen molar-refractivity contribution < 1.29 is 19.1 Å². The molecular formula is C29H32ClNO4. The Hall–Kier alpha value is -3.18. The Morgan fingerprint density at radius 2 is 1.86 bits per heavy atom. The minimum Gasteiger partial charge on any atom is -0.443 e. The van der Waals surface area contributed by atoms with Crippen LogP contribution in [0.4, 0.5) is 0 Å². The fourth-order valence-electron chi connectivity index (χ4n) is 4.11. The fourth-order valence-corrected chi connectivity index (χ4v) is 4.45. The Bertz CT molecular complexity index is 1170. The van der Waals surface area contributed by atoms with Gasteiger partial charge in [-0.25, -0.2) is 0 Å². The quantitative estimate of drug-likeness (QED) is 0.259. The van der Waals surface area contributed by atoms with Crippen LogP contribution in [0.3, 0.4) is 0 Å². The van der Waals surface area contributed by atoms with Crippen molar-refractivity contribution in [2.24, 2.45) is 5.92 Å². The first kappa shape index (κ1) is 26.4. The molecule has 2 unspecified atom stereocenters. The Kier molecular flexibility index (Phi) is 8.34. The first-order valence-electron chi connectivity index (χ1n) is 11.9. The number of carbonyl (C=O) groups is 3. The van der Waals surface area contributed by atoms with E-state index in [2.05, 4.69) is 32.1 Å². The first-order valence-corrected chi connectivity index (χ1v) is 12.2. The highest BCUT2D eigenvalue weighted by Gasteiger charge is 2.52. The summed E-state index contributed by atoms with van der Waals surface area (Å²) in [5.41, 5.74) is 1.74. The standard InChI is InChI=1S/C29H32ClNO4/c1-6-19(2)16-20(3)12-13-23-17-24-25(18-31(23)15-14-22-10-8-7-9-11-22)27(33)29(5,35-21(4)32)28(34)26(24)30/h7-13,16-19H,6,14-15H2,1-5H3/b13-12-,20-16+. The second kappa shape index (κ2) is 11.0. The van der Waals surface area contributed by atoms with E-state index in [-0.39, 0.29) is 10.6 Å². The normalized spacial score (nSPS) is 21.7. The van der Waals surface area contributed by atoms with Gasteiger partial charge in [0, 0.05) is 36.5 Å². The molecule has 1 aromatic carbocycles. The Morgan fingerprint density at radius 1 is 1.17 bits per heavy atom. The third-order valence-corrected chi connectivity index (χ3v) is 6.66. The van der Waals surface area contributed by atoms with Crippen molar-refractivity contribution in [3.8, 4) is 0 Å². The van der Waals surface area contributed by atoms with E-state index < -0.39 is 23.1 Å². The molecule has 2 atom stereocenters. The van der Waals surface area contributed by atoms with Crippen LogP contribution >= 0.6 is 11.6 Å². The number of carbonyl (C=O) groups excluding carboxylic acids is 3. The highest BCUT2D eigenvalue weighted by atomic mass is 35.5. The predicted molar refractivity (Wildman–Crippen MR) is 138 cm³/mol. The number of hydrogen-bond donors (Lipinski definition) is 0. The third kappa shape index (κ3) is 5.91. The van der Waals surface area contributed by atoms with Gasteiger partial charge >= 0.3 is 5.97 Å². The molecule has 0 saturated heterocycles. The lowest BCUT2D eigenvalue weighted by Crippen LogP contribution is -2.52. The summed E-state index contributed by atoms with van der Waals surface area (Å²) in [6.07, 6.45) is 11.5. The molecule has 0 N–H and O–H groups in total. The molecule has 0 radical (unpaired) electrons. The average molecular weight is 494 g/mol. The van der Waals surface area contributed by atoms with Gasteiger partial charge in [-0.3, -0.25) is 14.4 Å². The largest absolute Gasteiger partial charge is 0.443 e. The van der Waals surface area contributed by atoms with Gasteiger partial charge < -0.3 is 9.64 Å². The zero-order valence-electron chi connectivity index (χ0n) is 20.9. The minimum atomic E-state index is -1.97. The van der Waals surface area contributed by atoms with Gasteiger partial charge in [0.15, 0.2) is 0 Å². The molecule has 35 heavy (non-hydrogen) atoms. The van der Waals surface area contributed by atoms with Crippen LogP contribution in [-0.2, 0) is 25.5 Å².